The minimum absolute atomic E-state index is 0.0721. The third kappa shape index (κ3) is 2.73. The molecule has 0 aliphatic carbocycles. The highest BCUT2D eigenvalue weighted by Crippen LogP contribution is 2.29. The highest BCUT2D eigenvalue weighted by atomic mass is 16.5. The third-order valence-corrected chi connectivity index (χ3v) is 3.60. The van der Waals surface area contributed by atoms with Crippen LogP contribution in [0.15, 0.2) is 48.5 Å². The summed E-state index contributed by atoms with van der Waals surface area (Å²) in [5.41, 5.74) is 3.82. The van der Waals surface area contributed by atoms with E-state index in [1.54, 1.807) is 0 Å². The number of fused-ring (bicyclic) bond motifs is 1. The number of benzene rings is 2. The zero-order valence-electron chi connectivity index (χ0n) is 11.2. The second-order valence-corrected chi connectivity index (χ2v) is 5.02. The van der Waals surface area contributed by atoms with Crippen LogP contribution in [0.1, 0.15) is 30.6 Å². The summed E-state index contributed by atoms with van der Waals surface area (Å²) in [5, 5.41) is 3.44. The topological polar surface area (TPSA) is 21.3 Å². The quantitative estimate of drug-likeness (QED) is 0.885. The van der Waals surface area contributed by atoms with Gasteiger partial charge in [0.05, 0.1) is 0 Å². The van der Waals surface area contributed by atoms with Crippen molar-refractivity contribution in [1.82, 2.24) is 0 Å². The van der Waals surface area contributed by atoms with Gasteiger partial charge in [0.1, 0.15) is 11.9 Å². The Labute approximate surface area is 114 Å². The first kappa shape index (κ1) is 12.1. The van der Waals surface area contributed by atoms with Crippen LogP contribution in [0, 0.1) is 0 Å². The lowest BCUT2D eigenvalue weighted by molar-refractivity contribution is 0.227. The van der Waals surface area contributed by atoms with E-state index in [-0.39, 0.29) is 6.10 Å². The summed E-state index contributed by atoms with van der Waals surface area (Å²) in [4.78, 5) is 0. The molecule has 0 amide bonds. The molecule has 1 aliphatic heterocycles. The molecule has 0 saturated carbocycles. The number of nitrogens with one attached hydrogen (secondary N) is 1. The van der Waals surface area contributed by atoms with Crippen molar-refractivity contribution in [2.45, 2.75) is 25.9 Å². The molecule has 2 heteroatoms. The van der Waals surface area contributed by atoms with Crippen LogP contribution in [0.4, 0.5) is 5.69 Å². The van der Waals surface area contributed by atoms with Gasteiger partial charge in [0.15, 0.2) is 0 Å². The average molecular weight is 253 g/mol. The first-order valence-electron chi connectivity index (χ1n) is 6.91. The monoisotopic (exact) mass is 253 g/mol. The lowest BCUT2D eigenvalue weighted by Gasteiger charge is -2.20. The van der Waals surface area contributed by atoms with E-state index in [0.29, 0.717) is 0 Å². The number of anilines is 1. The Morgan fingerprint density at radius 1 is 1.11 bits per heavy atom. The van der Waals surface area contributed by atoms with Crippen LogP contribution in [0.25, 0.3) is 0 Å². The minimum Gasteiger partial charge on any atom is -0.486 e. The summed E-state index contributed by atoms with van der Waals surface area (Å²) in [5.74, 6) is 0.935. The fourth-order valence-electron chi connectivity index (χ4n) is 2.51. The summed E-state index contributed by atoms with van der Waals surface area (Å²) >= 11 is 0. The Morgan fingerprint density at radius 2 is 1.95 bits per heavy atom. The predicted octanol–water partition coefficient (Wildman–Crippen LogP) is 4.18. The van der Waals surface area contributed by atoms with E-state index in [2.05, 4.69) is 42.6 Å². The van der Waals surface area contributed by atoms with E-state index < -0.39 is 0 Å². The SMILES string of the molecule is CC(Oc1ccc2c(c1)NCCC2)c1ccccc1. The van der Waals surface area contributed by atoms with Crippen molar-refractivity contribution < 1.29 is 4.74 Å². The van der Waals surface area contributed by atoms with Gasteiger partial charge in [-0.2, -0.15) is 0 Å². The van der Waals surface area contributed by atoms with Crippen molar-refractivity contribution >= 4 is 5.69 Å². The normalized spacial score (nSPS) is 15.2. The van der Waals surface area contributed by atoms with Crippen molar-refractivity contribution in [1.29, 1.82) is 0 Å². The van der Waals surface area contributed by atoms with E-state index >= 15 is 0 Å². The molecule has 1 heterocycles. The van der Waals surface area contributed by atoms with Crippen LogP contribution >= 0.6 is 0 Å². The smallest absolute Gasteiger partial charge is 0.122 e. The van der Waals surface area contributed by atoms with Crippen LogP contribution in [0.3, 0.4) is 0 Å². The maximum atomic E-state index is 6.03. The van der Waals surface area contributed by atoms with Crippen molar-refractivity contribution in [3.05, 3.63) is 59.7 Å². The summed E-state index contributed by atoms with van der Waals surface area (Å²) < 4.78 is 6.03. The highest BCUT2D eigenvalue weighted by Gasteiger charge is 2.11. The Morgan fingerprint density at radius 3 is 2.79 bits per heavy atom. The largest absolute Gasteiger partial charge is 0.486 e. The Balaban J connectivity index is 1.76. The van der Waals surface area contributed by atoms with Crippen molar-refractivity contribution in [2.24, 2.45) is 0 Å². The lowest BCUT2D eigenvalue weighted by atomic mass is 10.0. The van der Waals surface area contributed by atoms with Crippen LogP contribution < -0.4 is 10.1 Å². The third-order valence-electron chi connectivity index (χ3n) is 3.60. The van der Waals surface area contributed by atoms with Gasteiger partial charge in [-0.15, -0.1) is 0 Å². The molecule has 0 fully saturated rings. The van der Waals surface area contributed by atoms with Crippen LogP contribution in [0.5, 0.6) is 5.75 Å². The number of rotatable bonds is 3. The van der Waals surface area contributed by atoms with Gasteiger partial charge in [-0.3, -0.25) is 0 Å². The van der Waals surface area contributed by atoms with E-state index in [9.17, 15) is 0 Å². The minimum atomic E-state index is 0.0721. The molecule has 0 bridgehead atoms. The number of hydrogen-bond acceptors (Lipinski definition) is 2. The van der Waals surface area contributed by atoms with Crippen LogP contribution in [-0.2, 0) is 6.42 Å². The summed E-state index contributed by atoms with van der Waals surface area (Å²) in [6.45, 7) is 3.15. The highest BCUT2D eigenvalue weighted by molar-refractivity contribution is 5.56. The van der Waals surface area contributed by atoms with Crippen LogP contribution in [-0.4, -0.2) is 6.54 Å². The maximum absolute atomic E-state index is 6.03. The van der Waals surface area contributed by atoms with E-state index in [1.165, 1.54) is 23.2 Å². The molecule has 1 aliphatic rings. The van der Waals surface area contributed by atoms with Gasteiger partial charge < -0.3 is 10.1 Å². The molecule has 1 atom stereocenters. The Hall–Kier alpha value is -1.96. The van der Waals surface area contributed by atoms with Gasteiger partial charge in [0, 0.05) is 18.3 Å². The summed E-state index contributed by atoms with van der Waals surface area (Å²) in [7, 11) is 0. The first-order valence-corrected chi connectivity index (χ1v) is 6.91. The van der Waals surface area contributed by atoms with E-state index in [1.807, 2.05) is 18.2 Å². The molecule has 0 saturated heterocycles. The number of hydrogen-bond donors (Lipinski definition) is 1. The first-order chi connectivity index (χ1) is 9.33. The molecule has 2 aromatic rings. The molecule has 0 aromatic heterocycles. The molecule has 0 radical (unpaired) electrons. The number of aryl methyl sites for hydroxylation is 1. The second-order valence-electron chi connectivity index (χ2n) is 5.02. The Bertz CT molecular complexity index is 550. The zero-order valence-corrected chi connectivity index (χ0v) is 11.2. The molecule has 19 heavy (non-hydrogen) atoms. The van der Waals surface area contributed by atoms with Gasteiger partial charge in [-0.25, -0.2) is 0 Å². The second kappa shape index (κ2) is 5.35. The van der Waals surface area contributed by atoms with E-state index in [4.69, 9.17) is 4.74 Å². The summed E-state index contributed by atoms with van der Waals surface area (Å²) in [6.07, 6.45) is 2.45. The van der Waals surface area contributed by atoms with Crippen molar-refractivity contribution in [3.8, 4) is 5.75 Å². The van der Waals surface area contributed by atoms with E-state index in [0.717, 1.165) is 18.7 Å². The fraction of sp³-hybridized carbons (Fsp3) is 0.294. The molecule has 3 rings (SSSR count). The van der Waals surface area contributed by atoms with Gasteiger partial charge in [-0.1, -0.05) is 36.4 Å². The van der Waals surface area contributed by atoms with Crippen molar-refractivity contribution in [2.75, 3.05) is 11.9 Å². The van der Waals surface area contributed by atoms with Gasteiger partial charge in [0.25, 0.3) is 0 Å². The predicted molar refractivity (Wildman–Crippen MR) is 78.7 cm³/mol. The molecule has 1 N–H and O–H groups in total. The maximum Gasteiger partial charge on any atom is 0.122 e. The summed E-state index contributed by atoms with van der Waals surface area (Å²) in [6, 6.07) is 16.7. The molecule has 1 unspecified atom stereocenters. The zero-order chi connectivity index (χ0) is 13.1. The van der Waals surface area contributed by atoms with Gasteiger partial charge in [-0.05, 0) is 37.0 Å². The van der Waals surface area contributed by atoms with Gasteiger partial charge in [0.2, 0.25) is 0 Å². The molecule has 0 spiro atoms. The van der Waals surface area contributed by atoms with Crippen molar-refractivity contribution in [3.63, 3.8) is 0 Å². The Kier molecular flexibility index (Phi) is 3.41. The standard InChI is InChI=1S/C17H19NO/c1-13(14-6-3-2-4-7-14)19-16-10-9-15-8-5-11-18-17(15)12-16/h2-4,6-7,9-10,12-13,18H,5,8,11H2,1H3. The molecule has 98 valence electrons. The lowest BCUT2D eigenvalue weighted by Crippen LogP contribution is -2.12. The molecular weight excluding hydrogens is 234 g/mol. The molecule has 2 nitrogen and oxygen atoms in total. The van der Waals surface area contributed by atoms with Gasteiger partial charge >= 0.3 is 0 Å². The van der Waals surface area contributed by atoms with Crippen LogP contribution in [0.2, 0.25) is 0 Å². The molecular formula is C17H19NO. The number of ether oxygens (including phenoxy) is 1. The fourth-order valence-corrected chi connectivity index (χ4v) is 2.51. The molecule has 2 aromatic carbocycles. The average Bonchev–Trinajstić information content (AvgIpc) is 2.48.